The third kappa shape index (κ3) is 175. The maximum atomic E-state index is 0. The molecule has 0 saturated carbocycles. The van der Waals surface area contributed by atoms with Crippen molar-refractivity contribution in [2.24, 2.45) is 0 Å². The molecule has 0 amide bonds. The average molecular weight is 312 g/mol. The molecule has 12 N–H and O–H groups in total. The molecule has 0 fully saturated rings. The van der Waals surface area contributed by atoms with E-state index in [2.05, 4.69) is 0 Å². The molecule has 0 unspecified atom stereocenters. The average Bonchev–Trinajstić information content (AvgIpc) is 0. The van der Waals surface area contributed by atoms with E-state index >= 15 is 0 Å². The molecule has 0 aromatic rings. The summed E-state index contributed by atoms with van der Waals surface area (Å²) in [5.74, 6) is 0. The van der Waals surface area contributed by atoms with Gasteiger partial charge < -0.3 is 45.3 Å². The van der Waals surface area contributed by atoms with Gasteiger partial charge in [-0.25, -0.2) is 0 Å². The first-order chi connectivity index (χ1) is 0. The van der Waals surface area contributed by atoms with Crippen molar-refractivity contribution < 1.29 is 82.1 Å². The molecule has 0 aromatic heterocycles. The number of hydrogen-bond acceptors (Lipinski definition) is 0. The fourth-order valence-corrected chi connectivity index (χ4v) is 0. The topological polar surface area (TPSA) is 189 Å². The van der Waals surface area contributed by atoms with Crippen LogP contribution in [0.2, 0.25) is 0 Å². The second kappa shape index (κ2) is 267. The number of hydrogen-bond donors (Lipinski definition) is 0. The summed E-state index contributed by atoms with van der Waals surface area (Å²) in [6, 6.07) is 0. The molecule has 0 spiro atoms. The van der Waals surface area contributed by atoms with Gasteiger partial charge in [0.1, 0.15) is 0 Å². The summed E-state index contributed by atoms with van der Waals surface area (Å²) in [5.41, 5.74) is 0. The van der Waals surface area contributed by atoms with E-state index in [0.29, 0.717) is 0 Å². The molecule has 0 aliphatic carbocycles. The van der Waals surface area contributed by atoms with Crippen LogP contribution in [0, 0.1) is 36.9 Å². The monoisotopic (exact) mass is 312 g/mol. The Kier molecular flexibility index (Phi) is 12900. The van der Waals surface area contributed by atoms with Crippen molar-refractivity contribution >= 4 is 0 Å². The van der Waals surface area contributed by atoms with Crippen LogP contribution in [0.5, 0.6) is 0 Å². The molecule has 8 heteroatoms. The van der Waals surface area contributed by atoms with Crippen LogP contribution in [0.25, 0.3) is 0 Å². The summed E-state index contributed by atoms with van der Waals surface area (Å²) in [6.45, 7) is 0. The Labute approximate surface area is 81.7 Å². The summed E-state index contributed by atoms with van der Waals surface area (Å²) in [6.07, 6.45) is 0. The molecule has 0 saturated heterocycles. The molecule has 0 aliphatic rings. The first-order valence-corrected chi connectivity index (χ1v) is 0. The van der Waals surface area contributed by atoms with Gasteiger partial charge in [-0.05, 0) is 0 Å². The van der Waals surface area contributed by atoms with Crippen LogP contribution in [0.15, 0.2) is 0 Å². The van der Waals surface area contributed by atoms with Gasteiger partial charge in [-0.15, -0.1) is 0 Å². The van der Waals surface area contributed by atoms with Gasteiger partial charge in [0.25, 0.3) is 0 Å². The van der Waals surface area contributed by atoms with Gasteiger partial charge >= 0.3 is 36.9 Å². The molecule has 0 aliphatic heterocycles. The van der Waals surface area contributed by atoms with Crippen LogP contribution in [0.4, 0.5) is 0 Å². The Balaban J connectivity index is 0. The molecule has 0 heterocycles. The van der Waals surface area contributed by atoms with Gasteiger partial charge in [0.2, 0.25) is 0 Å². The van der Waals surface area contributed by atoms with Crippen molar-refractivity contribution in [2.75, 3.05) is 0 Å². The van der Waals surface area contributed by atoms with E-state index in [1.54, 1.807) is 0 Å². The van der Waals surface area contributed by atoms with Crippen LogP contribution >= 0.6 is 0 Å². The normalized spacial score (nSPS) is 0. The van der Waals surface area contributed by atoms with Crippen molar-refractivity contribution in [1.29, 1.82) is 0 Å². The van der Waals surface area contributed by atoms with Gasteiger partial charge in [-0.3, -0.25) is 0 Å². The molecular weight excluding hydrogens is 300 g/mol. The fourth-order valence-electron chi connectivity index (χ4n) is 0. The molecular formula is H12ClO6Tm+2. The molecule has 8 heavy (non-hydrogen) atoms. The second-order valence-corrected chi connectivity index (χ2v) is 0. The summed E-state index contributed by atoms with van der Waals surface area (Å²) >= 11 is 0. The first-order valence-electron chi connectivity index (χ1n) is 0. The fraction of sp³-hybridized carbons (Fsp3) is 0. The predicted molar refractivity (Wildman–Crippen MR) is 21.7 cm³/mol. The predicted octanol–water partition coefficient (Wildman–Crippen LogP) is -7.94. The minimum absolute atomic E-state index is 0. The van der Waals surface area contributed by atoms with E-state index in [0.717, 1.165) is 0 Å². The third-order valence-corrected chi connectivity index (χ3v) is 0. The number of halogens is 1. The summed E-state index contributed by atoms with van der Waals surface area (Å²) in [5, 5.41) is 0. The van der Waals surface area contributed by atoms with E-state index < -0.39 is 0 Å². The van der Waals surface area contributed by atoms with Crippen LogP contribution in [0.3, 0.4) is 0 Å². The van der Waals surface area contributed by atoms with E-state index in [1.807, 2.05) is 0 Å². The van der Waals surface area contributed by atoms with Gasteiger partial charge in [0.15, 0.2) is 0 Å². The van der Waals surface area contributed by atoms with Gasteiger partial charge in [0, 0.05) is 0 Å². The standard InChI is InChI=1S/ClH.6H2O.Tm/h1H;6*1H2;/q;;;;;;;+3/p-1. The smallest absolute Gasteiger partial charge is 1.00 e. The molecule has 0 atom stereocenters. The zero-order valence-electron chi connectivity index (χ0n) is 3.66. The Morgan fingerprint density at radius 3 is 0.375 bits per heavy atom. The Hall–Kier alpha value is 1.28. The number of rotatable bonds is 0. The van der Waals surface area contributed by atoms with Gasteiger partial charge in [-0.2, -0.15) is 0 Å². The molecule has 0 rings (SSSR count). The van der Waals surface area contributed by atoms with E-state index in [4.69, 9.17) is 0 Å². The summed E-state index contributed by atoms with van der Waals surface area (Å²) in [4.78, 5) is 0. The minimum atomic E-state index is 0. The molecule has 0 aromatic carbocycles. The van der Waals surface area contributed by atoms with Crippen molar-refractivity contribution in [3.63, 3.8) is 0 Å². The first kappa shape index (κ1) is 387. The minimum Gasteiger partial charge on any atom is -1.00 e. The third-order valence-electron chi connectivity index (χ3n) is 0. The Bertz CT molecular complexity index is 8.49. The molecule has 0 bridgehead atoms. The van der Waals surface area contributed by atoms with Crippen molar-refractivity contribution in [3.05, 3.63) is 0 Å². The molecule has 6 nitrogen and oxygen atoms in total. The zero-order valence-corrected chi connectivity index (χ0v) is 6.19. The van der Waals surface area contributed by atoms with E-state index in [-0.39, 0.29) is 82.1 Å². The van der Waals surface area contributed by atoms with Gasteiger partial charge in [0.05, 0.1) is 0 Å². The van der Waals surface area contributed by atoms with E-state index in [1.165, 1.54) is 0 Å². The van der Waals surface area contributed by atoms with Crippen LogP contribution in [0.1, 0.15) is 0 Å². The van der Waals surface area contributed by atoms with Crippen LogP contribution < -0.4 is 12.4 Å². The Morgan fingerprint density at radius 2 is 0.375 bits per heavy atom. The van der Waals surface area contributed by atoms with Gasteiger partial charge in [-0.1, -0.05) is 0 Å². The van der Waals surface area contributed by atoms with E-state index in [9.17, 15) is 0 Å². The Morgan fingerprint density at radius 1 is 0.375 bits per heavy atom. The largest absolute Gasteiger partial charge is 3.00 e. The SMILES string of the molecule is O.O.O.O.O.O.[Cl-].[Tm+3]. The molecule has 66 valence electrons. The second-order valence-electron chi connectivity index (χ2n) is 0. The van der Waals surface area contributed by atoms with Crippen LogP contribution in [-0.4, -0.2) is 32.9 Å². The van der Waals surface area contributed by atoms with Crippen molar-refractivity contribution in [3.8, 4) is 0 Å². The summed E-state index contributed by atoms with van der Waals surface area (Å²) < 4.78 is 0. The zero-order chi connectivity index (χ0) is 0. The van der Waals surface area contributed by atoms with Crippen molar-refractivity contribution in [1.82, 2.24) is 0 Å². The van der Waals surface area contributed by atoms with Crippen molar-refractivity contribution in [2.45, 2.75) is 0 Å². The quantitative estimate of drug-likeness (QED) is 0.411. The van der Waals surface area contributed by atoms with Crippen LogP contribution in [-0.2, 0) is 0 Å². The maximum Gasteiger partial charge on any atom is 3.00 e. The maximum absolute atomic E-state index is 0. The summed E-state index contributed by atoms with van der Waals surface area (Å²) in [7, 11) is 0. The molecule has 0 radical (unpaired) electrons.